The van der Waals surface area contributed by atoms with E-state index >= 15 is 0 Å². The van der Waals surface area contributed by atoms with Gasteiger partial charge in [0.25, 0.3) is 0 Å². The van der Waals surface area contributed by atoms with Crippen LogP contribution in [0.15, 0.2) is 29.6 Å². The number of hydrogen-bond donors (Lipinski definition) is 1. The van der Waals surface area contributed by atoms with Gasteiger partial charge in [-0.3, -0.25) is 9.13 Å². The van der Waals surface area contributed by atoms with E-state index in [0.717, 1.165) is 40.3 Å². The maximum atomic E-state index is 12.7. The van der Waals surface area contributed by atoms with Gasteiger partial charge in [-0.2, -0.15) is 21.8 Å². The molecule has 4 aromatic rings. The Morgan fingerprint density at radius 1 is 1.33 bits per heavy atom. The van der Waals surface area contributed by atoms with Gasteiger partial charge in [0.1, 0.15) is 11.8 Å². The van der Waals surface area contributed by atoms with Gasteiger partial charge in [-0.1, -0.05) is 0 Å². The topological polar surface area (TPSA) is 94.9 Å². The number of rotatable bonds is 3. The van der Waals surface area contributed by atoms with E-state index in [9.17, 15) is 4.79 Å². The van der Waals surface area contributed by atoms with Crippen LogP contribution in [0.3, 0.4) is 0 Å². The Morgan fingerprint density at radius 3 is 3.04 bits per heavy atom. The molecule has 1 aliphatic heterocycles. The van der Waals surface area contributed by atoms with E-state index in [1.807, 2.05) is 35.5 Å². The largest absolute Gasteiger partial charge is 0.330 e. The van der Waals surface area contributed by atoms with Crippen LogP contribution in [0.25, 0.3) is 16.8 Å². The minimum Gasteiger partial charge on any atom is -0.323 e. The minimum atomic E-state index is -0.0378. The summed E-state index contributed by atoms with van der Waals surface area (Å²) in [5, 5.41) is 7.42. The molecular formula is C17H18N8OS. The maximum Gasteiger partial charge on any atom is 0.330 e. The lowest BCUT2D eigenvalue weighted by Gasteiger charge is -2.11. The Labute approximate surface area is 158 Å². The lowest BCUT2D eigenvalue weighted by molar-refractivity contribution is 0.544. The first-order valence-corrected chi connectivity index (χ1v) is 9.86. The summed E-state index contributed by atoms with van der Waals surface area (Å²) in [5.74, 6) is 2.46. The highest BCUT2D eigenvalue weighted by Gasteiger charge is 2.24. The molecule has 138 valence electrons. The van der Waals surface area contributed by atoms with Crippen molar-refractivity contribution in [1.82, 2.24) is 33.7 Å². The third-order valence-corrected chi connectivity index (χ3v) is 6.12. The quantitative estimate of drug-likeness (QED) is 0.578. The van der Waals surface area contributed by atoms with Crippen molar-refractivity contribution in [3.63, 3.8) is 0 Å². The molecular weight excluding hydrogens is 364 g/mol. The number of fused-ring (bicyclic) bond motifs is 2. The van der Waals surface area contributed by atoms with E-state index in [0.29, 0.717) is 11.6 Å². The SMILES string of the molecule is Cc1cc2ncnn2cc1Nc1ncc2c(n1)n([C@H]1CCSC1)c(=O)n2C. The molecule has 1 atom stereocenters. The van der Waals surface area contributed by atoms with Crippen LogP contribution in [0.2, 0.25) is 0 Å². The van der Waals surface area contributed by atoms with Crippen LogP contribution < -0.4 is 11.0 Å². The van der Waals surface area contributed by atoms with Gasteiger partial charge in [-0.05, 0) is 30.7 Å². The average molecular weight is 382 g/mol. The summed E-state index contributed by atoms with van der Waals surface area (Å²) >= 11 is 1.87. The fourth-order valence-corrected chi connectivity index (χ4v) is 4.65. The molecule has 1 fully saturated rings. The second-order valence-corrected chi connectivity index (χ2v) is 7.84. The molecule has 10 heteroatoms. The third kappa shape index (κ3) is 2.59. The third-order valence-electron chi connectivity index (χ3n) is 4.97. The van der Waals surface area contributed by atoms with Gasteiger partial charge in [0.2, 0.25) is 5.95 Å². The first kappa shape index (κ1) is 16.3. The Kier molecular flexibility index (Phi) is 3.67. The van der Waals surface area contributed by atoms with Crippen molar-refractivity contribution in [2.45, 2.75) is 19.4 Å². The number of nitrogens with one attached hydrogen (secondary N) is 1. The zero-order valence-electron chi connectivity index (χ0n) is 15.0. The summed E-state index contributed by atoms with van der Waals surface area (Å²) < 4.78 is 5.13. The molecule has 0 radical (unpaired) electrons. The Hall–Kier alpha value is -2.88. The van der Waals surface area contributed by atoms with Crippen molar-refractivity contribution in [1.29, 1.82) is 0 Å². The Balaban J connectivity index is 1.60. The maximum absolute atomic E-state index is 12.7. The average Bonchev–Trinajstić information content (AvgIpc) is 3.37. The van der Waals surface area contributed by atoms with Gasteiger partial charge in [0.15, 0.2) is 11.3 Å². The predicted octanol–water partition coefficient (Wildman–Crippen LogP) is 1.90. The van der Waals surface area contributed by atoms with Crippen LogP contribution in [-0.4, -0.2) is 45.2 Å². The molecule has 9 nitrogen and oxygen atoms in total. The molecule has 5 heterocycles. The van der Waals surface area contributed by atoms with Gasteiger partial charge in [-0.25, -0.2) is 19.3 Å². The molecule has 0 aromatic carbocycles. The van der Waals surface area contributed by atoms with E-state index in [4.69, 9.17) is 0 Å². The van der Waals surface area contributed by atoms with E-state index in [1.54, 1.807) is 22.3 Å². The molecule has 0 bridgehead atoms. The molecule has 1 aliphatic rings. The summed E-state index contributed by atoms with van der Waals surface area (Å²) in [4.78, 5) is 26.0. The van der Waals surface area contributed by atoms with Gasteiger partial charge < -0.3 is 5.32 Å². The molecule has 1 N–H and O–H groups in total. The first-order valence-electron chi connectivity index (χ1n) is 8.70. The number of aryl methyl sites for hydroxylation is 2. The van der Waals surface area contributed by atoms with Crippen molar-refractivity contribution >= 4 is 40.2 Å². The standard InChI is InChI=1S/C17H18N8OS/c1-10-5-14-19-9-20-24(14)7-12(10)21-16-18-6-13-15(22-16)25(17(26)23(13)2)11-3-4-27-8-11/h5-7,9,11H,3-4,8H2,1-2H3,(H,18,21,22)/t11-/m0/s1. The summed E-state index contributed by atoms with van der Waals surface area (Å²) in [7, 11) is 1.77. The van der Waals surface area contributed by atoms with E-state index in [1.165, 1.54) is 6.33 Å². The van der Waals surface area contributed by atoms with Gasteiger partial charge >= 0.3 is 5.69 Å². The molecule has 0 saturated carbocycles. The summed E-state index contributed by atoms with van der Waals surface area (Å²) in [6.07, 6.45) is 6.06. The number of imidazole rings is 1. The second kappa shape index (κ2) is 6.08. The number of aromatic nitrogens is 7. The normalized spacial score (nSPS) is 17.2. The van der Waals surface area contributed by atoms with E-state index < -0.39 is 0 Å². The smallest absolute Gasteiger partial charge is 0.323 e. The van der Waals surface area contributed by atoms with Crippen LogP contribution in [-0.2, 0) is 7.05 Å². The fraction of sp³-hybridized carbons (Fsp3) is 0.353. The number of thioether (sulfide) groups is 1. The van der Waals surface area contributed by atoms with Crippen molar-refractivity contribution in [2.75, 3.05) is 16.8 Å². The molecule has 5 rings (SSSR count). The van der Waals surface area contributed by atoms with Gasteiger partial charge in [-0.15, -0.1) is 0 Å². The number of anilines is 2. The van der Waals surface area contributed by atoms with Crippen LogP contribution >= 0.6 is 11.8 Å². The molecule has 0 aliphatic carbocycles. The molecule has 0 spiro atoms. The van der Waals surface area contributed by atoms with E-state index in [2.05, 4.69) is 25.4 Å². The lowest BCUT2D eigenvalue weighted by atomic mass is 10.2. The number of nitrogens with zero attached hydrogens (tertiary/aromatic N) is 7. The molecule has 27 heavy (non-hydrogen) atoms. The zero-order chi connectivity index (χ0) is 18.5. The van der Waals surface area contributed by atoms with Crippen LogP contribution in [0.5, 0.6) is 0 Å². The number of pyridine rings is 1. The summed E-state index contributed by atoms with van der Waals surface area (Å²) in [5.41, 5.74) is 4.01. The van der Waals surface area contributed by atoms with Crippen molar-refractivity contribution < 1.29 is 0 Å². The summed E-state index contributed by atoms with van der Waals surface area (Å²) in [6, 6.07) is 2.13. The molecule has 1 saturated heterocycles. The highest BCUT2D eigenvalue weighted by Crippen LogP contribution is 2.29. The molecule has 4 aromatic heterocycles. The van der Waals surface area contributed by atoms with Crippen molar-refractivity contribution in [3.8, 4) is 0 Å². The lowest BCUT2D eigenvalue weighted by Crippen LogP contribution is -2.26. The zero-order valence-corrected chi connectivity index (χ0v) is 15.8. The monoisotopic (exact) mass is 382 g/mol. The van der Waals surface area contributed by atoms with Gasteiger partial charge in [0.05, 0.1) is 24.1 Å². The first-order chi connectivity index (χ1) is 13.1. The van der Waals surface area contributed by atoms with E-state index in [-0.39, 0.29) is 11.7 Å². The minimum absolute atomic E-state index is 0.0378. The van der Waals surface area contributed by atoms with Crippen LogP contribution in [0.4, 0.5) is 11.6 Å². The van der Waals surface area contributed by atoms with Gasteiger partial charge in [0, 0.05) is 12.8 Å². The van der Waals surface area contributed by atoms with Crippen molar-refractivity contribution in [3.05, 3.63) is 40.8 Å². The second-order valence-electron chi connectivity index (χ2n) is 6.69. The van der Waals surface area contributed by atoms with Crippen molar-refractivity contribution in [2.24, 2.45) is 7.05 Å². The van der Waals surface area contributed by atoms with Crippen LogP contribution in [0.1, 0.15) is 18.0 Å². The summed E-state index contributed by atoms with van der Waals surface area (Å²) in [6.45, 7) is 1.99. The Morgan fingerprint density at radius 2 is 2.22 bits per heavy atom. The molecule has 0 unspecified atom stereocenters. The highest BCUT2D eigenvalue weighted by atomic mass is 32.2. The fourth-order valence-electron chi connectivity index (χ4n) is 3.46. The highest BCUT2D eigenvalue weighted by molar-refractivity contribution is 7.99. The molecule has 0 amide bonds. The predicted molar refractivity (Wildman–Crippen MR) is 105 cm³/mol. The van der Waals surface area contributed by atoms with Crippen LogP contribution in [0, 0.1) is 6.92 Å². The number of hydrogen-bond acceptors (Lipinski definition) is 7. The Bertz CT molecular complexity index is 1220.